The molecular formula is C16H24BNO6. The van der Waals surface area contributed by atoms with Gasteiger partial charge in [0.25, 0.3) is 0 Å². The highest BCUT2D eigenvalue weighted by Gasteiger charge is 2.23. The summed E-state index contributed by atoms with van der Waals surface area (Å²) in [5.41, 5.74) is 1.73. The maximum atomic E-state index is 11.9. The molecular weight excluding hydrogens is 313 g/mol. The van der Waals surface area contributed by atoms with Gasteiger partial charge < -0.3 is 24.1 Å². The van der Waals surface area contributed by atoms with Crippen LogP contribution < -0.4 is 10.8 Å². The fourth-order valence-electron chi connectivity index (χ4n) is 2.18. The van der Waals surface area contributed by atoms with E-state index in [1.807, 2.05) is 24.3 Å². The van der Waals surface area contributed by atoms with Gasteiger partial charge >= 0.3 is 13.1 Å². The van der Waals surface area contributed by atoms with Crippen LogP contribution in [0.25, 0.3) is 0 Å². The van der Waals surface area contributed by atoms with Crippen LogP contribution in [0.3, 0.4) is 0 Å². The highest BCUT2D eigenvalue weighted by Crippen LogP contribution is 2.05. The van der Waals surface area contributed by atoms with Crippen LogP contribution in [0.15, 0.2) is 24.3 Å². The SMILES string of the molecule is CCOCC(=O)N[C@H](Cc1ccc(B(OC)OC)cc1)C(=O)OC. The summed E-state index contributed by atoms with van der Waals surface area (Å²) in [5, 5.41) is 2.62. The summed E-state index contributed by atoms with van der Waals surface area (Å²) in [4.78, 5) is 23.6. The molecule has 7 nitrogen and oxygen atoms in total. The van der Waals surface area contributed by atoms with Crippen molar-refractivity contribution in [2.75, 3.05) is 34.5 Å². The molecule has 0 bridgehead atoms. The van der Waals surface area contributed by atoms with Crippen molar-refractivity contribution in [1.82, 2.24) is 5.32 Å². The van der Waals surface area contributed by atoms with E-state index in [1.165, 1.54) is 7.11 Å². The predicted octanol–water partition coefficient (Wildman–Crippen LogP) is -0.0886. The molecule has 1 atom stereocenters. The Bertz CT molecular complexity index is 518. The molecule has 0 aliphatic rings. The van der Waals surface area contributed by atoms with E-state index in [9.17, 15) is 9.59 Å². The number of carbonyl (C=O) groups is 2. The minimum atomic E-state index is -0.769. The first-order valence-electron chi connectivity index (χ1n) is 7.65. The average Bonchev–Trinajstić information content (AvgIpc) is 2.61. The molecule has 0 spiro atoms. The molecule has 0 heterocycles. The summed E-state index contributed by atoms with van der Waals surface area (Å²) in [6, 6.07) is 6.64. The topological polar surface area (TPSA) is 83.1 Å². The molecule has 1 amide bonds. The van der Waals surface area contributed by atoms with Gasteiger partial charge in [0, 0.05) is 27.2 Å². The van der Waals surface area contributed by atoms with E-state index < -0.39 is 19.1 Å². The number of amides is 1. The van der Waals surface area contributed by atoms with Gasteiger partial charge in [-0.3, -0.25) is 4.79 Å². The number of benzene rings is 1. The third kappa shape index (κ3) is 6.31. The number of esters is 1. The van der Waals surface area contributed by atoms with Gasteiger partial charge in [-0.2, -0.15) is 0 Å². The Labute approximate surface area is 142 Å². The molecule has 1 aromatic carbocycles. The Morgan fingerprint density at radius 2 is 1.75 bits per heavy atom. The molecule has 0 aromatic heterocycles. The summed E-state index contributed by atoms with van der Waals surface area (Å²) in [6.07, 6.45) is 0.315. The second-order valence-electron chi connectivity index (χ2n) is 5.03. The number of methoxy groups -OCH3 is 1. The van der Waals surface area contributed by atoms with E-state index >= 15 is 0 Å². The molecule has 1 N–H and O–H groups in total. The summed E-state index contributed by atoms with van der Waals surface area (Å²) in [7, 11) is 3.96. The summed E-state index contributed by atoms with van der Waals surface area (Å²) in [5.74, 6) is -0.863. The molecule has 0 saturated carbocycles. The Morgan fingerprint density at radius 1 is 1.12 bits per heavy atom. The van der Waals surface area contributed by atoms with E-state index in [0.29, 0.717) is 13.0 Å². The van der Waals surface area contributed by atoms with Crippen LogP contribution >= 0.6 is 0 Å². The van der Waals surface area contributed by atoms with E-state index in [2.05, 4.69) is 5.32 Å². The van der Waals surface area contributed by atoms with Gasteiger partial charge in [-0.05, 0) is 17.9 Å². The number of rotatable bonds is 10. The third-order valence-electron chi connectivity index (χ3n) is 3.38. The van der Waals surface area contributed by atoms with Crippen molar-refractivity contribution >= 4 is 24.5 Å². The standard InChI is InChI=1S/C16H24BNO6/c1-5-24-11-15(19)18-14(16(20)21-2)10-12-6-8-13(9-7-12)17(22-3)23-4/h6-9,14H,5,10-11H2,1-4H3,(H,18,19)/t14-/m1/s1. The summed E-state index contributed by atoms with van der Waals surface area (Å²) >= 11 is 0. The first-order chi connectivity index (χ1) is 11.5. The normalized spacial score (nSPS) is 11.7. The number of nitrogens with one attached hydrogen (secondary N) is 1. The minimum Gasteiger partial charge on any atom is -0.467 e. The molecule has 132 valence electrons. The Kier molecular flexibility index (Phi) is 9.07. The van der Waals surface area contributed by atoms with E-state index in [1.54, 1.807) is 21.1 Å². The molecule has 8 heteroatoms. The van der Waals surface area contributed by atoms with Gasteiger partial charge in [-0.15, -0.1) is 0 Å². The molecule has 24 heavy (non-hydrogen) atoms. The number of hydrogen-bond acceptors (Lipinski definition) is 6. The lowest BCUT2D eigenvalue weighted by Gasteiger charge is -2.17. The van der Waals surface area contributed by atoms with Gasteiger partial charge in [-0.1, -0.05) is 24.3 Å². The maximum absolute atomic E-state index is 11.9. The van der Waals surface area contributed by atoms with Crippen molar-refractivity contribution in [3.8, 4) is 0 Å². The zero-order valence-corrected chi connectivity index (χ0v) is 14.5. The van der Waals surface area contributed by atoms with Gasteiger partial charge in [0.05, 0.1) is 7.11 Å². The van der Waals surface area contributed by atoms with Crippen molar-refractivity contribution in [2.45, 2.75) is 19.4 Å². The van der Waals surface area contributed by atoms with Crippen LogP contribution in [0, 0.1) is 0 Å². The molecule has 0 fully saturated rings. The molecule has 0 saturated heterocycles. The molecule has 0 aliphatic heterocycles. The highest BCUT2D eigenvalue weighted by molar-refractivity contribution is 6.61. The van der Waals surface area contributed by atoms with E-state index in [0.717, 1.165) is 11.0 Å². The van der Waals surface area contributed by atoms with Gasteiger partial charge in [-0.25, -0.2) is 4.79 Å². The third-order valence-corrected chi connectivity index (χ3v) is 3.38. The van der Waals surface area contributed by atoms with Crippen molar-refractivity contribution in [3.63, 3.8) is 0 Å². The maximum Gasteiger partial charge on any atom is 0.493 e. The number of hydrogen-bond donors (Lipinski definition) is 1. The smallest absolute Gasteiger partial charge is 0.467 e. The lowest BCUT2D eigenvalue weighted by molar-refractivity contribution is -0.145. The van der Waals surface area contributed by atoms with Crippen molar-refractivity contribution in [3.05, 3.63) is 29.8 Å². The highest BCUT2D eigenvalue weighted by atomic mass is 16.6. The van der Waals surface area contributed by atoms with Crippen LogP contribution in [-0.2, 0) is 34.8 Å². The van der Waals surface area contributed by atoms with Gasteiger partial charge in [0.1, 0.15) is 12.6 Å². The number of ether oxygens (including phenoxy) is 2. The average molecular weight is 337 g/mol. The predicted molar refractivity (Wildman–Crippen MR) is 90.0 cm³/mol. The van der Waals surface area contributed by atoms with Crippen molar-refractivity contribution < 1.29 is 28.4 Å². The monoisotopic (exact) mass is 337 g/mol. The van der Waals surface area contributed by atoms with Crippen molar-refractivity contribution in [2.24, 2.45) is 0 Å². The fraction of sp³-hybridized carbons (Fsp3) is 0.500. The lowest BCUT2D eigenvalue weighted by atomic mass is 9.78. The first-order valence-corrected chi connectivity index (χ1v) is 7.65. The Balaban J connectivity index is 2.75. The summed E-state index contributed by atoms with van der Waals surface area (Å²) < 4.78 is 20.2. The largest absolute Gasteiger partial charge is 0.493 e. The van der Waals surface area contributed by atoms with Crippen LogP contribution in [0.1, 0.15) is 12.5 Å². The molecule has 0 radical (unpaired) electrons. The zero-order chi connectivity index (χ0) is 17.9. The number of carbonyl (C=O) groups excluding carboxylic acids is 2. The minimum absolute atomic E-state index is 0.0910. The summed E-state index contributed by atoms with van der Waals surface area (Å²) in [6.45, 7) is 2.13. The van der Waals surface area contributed by atoms with Crippen LogP contribution in [0.5, 0.6) is 0 Å². The van der Waals surface area contributed by atoms with E-state index in [-0.39, 0.29) is 12.5 Å². The Morgan fingerprint density at radius 3 is 2.25 bits per heavy atom. The zero-order valence-electron chi connectivity index (χ0n) is 14.5. The lowest BCUT2D eigenvalue weighted by Crippen LogP contribution is -2.44. The van der Waals surface area contributed by atoms with Crippen LogP contribution in [0.2, 0.25) is 0 Å². The van der Waals surface area contributed by atoms with Crippen molar-refractivity contribution in [1.29, 1.82) is 0 Å². The fourth-order valence-corrected chi connectivity index (χ4v) is 2.18. The van der Waals surface area contributed by atoms with E-state index in [4.69, 9.17) is 18.8 Å². The Hall–Kier alpha value is -1.90. The van der Waals surface area contributed by atoms with Gasteiger partial charge in [0.15, 0.2) is 0 Å². The molecule has 0 aliphatic carbocycles. The molecule has 1 aromatic rings. The molecule has 1 rings (SSSR count). The van der Waals surface area contributed by atoms with Gasteiger partial charge in [0.2, 0.25) is 5.91 Å². The molecule has 0 unspecified atom stereocenters. The quantitative estimate of drug-likeness (QED) is 0.475. The van der Waals surface area contributed by atoms with Crippen LogP contribution in [-0.4, -0.2) is 59.6 Å². The second-order valence-corrected chi connectivity index (χ2v) is 5.03. The second kappa shape index (κ2) is 10.8. The van der Waals surface area contributed by atoms with Crippen LogP contribution in [0.4, 0.5) is 0 Å². The first kappa shape index (κ1) is 20.2.